The van der Waals surface area contributed by atoms with Crippen LogP contribution in [0.1, 0.15) is 12.0 Å². The van der Waals surface area contributed by atoms with Gasteiger partial charge in [0, 0.05) is 17.1 Å². The van der Waals surface area contributed by atoms with Crippen molar-refractivity contribution >= 4 is 51.7 Å². The SMILES string of the molecule is COc1ccc(CN=C(Nc2ccccc2)SC2CC(=O)N(c3cccc(Cl)c3)C2=O)cc1. The largest absolute Gasteiger partial charge is 0.497 e. The first-order valence-corrected chi connectivity index (χ1v) is 11.6. The van der Waals surface area contributed by atoms with E-state index in [0.29, 0.717) is 22.4 Å². The number of amides is 2. The monoisotopic (exact) mass is 479 g/mol. The Balaban J connectivity index is 1.54. The van der Waals surface area contributed by atoms with E-state index < -0.39 is 5.25 Å². The minimum absolute atomic E-state index is 0.0913. The first kappa shape index (κ1) is 22.9. The lowest BCUT2D eigenvalue weighted by Crippen LogP contribution is -2.31. The number of thioether (sulfide) groups is 1. The number of aliphatic imine (C=N–C) groups is 1. The zero-order chi connectivity index (χ0) is 23.2. The summed E-state index contributed by atoms with van der Waals surface area (Å²) in [5.74, 6) is 0.240. The lowest BCUT2D eigenvalue weighted by Gasteiger charge is -2.16. The Labute approximate surface area is 201 Å². The van der Waals surface area contributed by atoms with E-state index in [1.54, 1.807) is 31.4 Å². The summed E-state index contributed by atoms with van der Waals surface area (Å²) in [6, 6.07) is 24.0. The van der Waals surface area contributed by atoms with Gasteiger partial charge in [0.1, 0.15) is 11.0 Å². The second-order valence-corrected chi connectivity index (χ2v) is 8.95. The molecule has 0 spiro atoms. The summed E-state index contributed by atoms with van der Waals surface area (Å²) < 4.78 is 5.20. The Kier molecular flexibility index (Phi) is 7.32. The summed E-state index contributed by atoms with van der Waals surface area (Å²) >= 11 is 7.31. The minimum atomic E-state index is -0.581. The number of amidine groups is 1. The van der Waals surface area contributed by atoms with E-state index in [2.05, 4.69) is 5.32 Å². The molecule has 0 aromatic heterocycles. The van der Waals surface area contributed by atoms with E-state index in [-0.39, 0.29) is 18.2 Å². The van der Waals surface area contributed by atoms with Crippen molar-refractivity contribution in [3.63, 3.8) is 0 Å². The second-order valence-electron chi connectivity index (χ2n) is 7.32. The van der Waals surface area contributed by atoms with Crippen LogP contribution in [0.5, 0.6) is 5.75 Å². The van der Waals surface area contributed by atoms with Crippen molar-refractivity contribution in [1.29, 1.82) is 0 Å². The lowest BCUT2D eigenvalue weighted by atomic mass is 10.2. The van der Waals surface area contributed by atoms with E-state index >= 15 is 0 Å². The molecule has 1 N–H and O–H groups in total. The third-order valence-corrected chi connectivity index (χ3v) is 6.36. The number of hydrogen-bond donors (Lipinski definition) is 1. The van der Waals surface area contributed by atoms with Gasteiger partial charge in [-0.1, -0.05) is 59.8 Å². The van der Waals surface area contributed by atoms with Crippen molar-refractivity contribution in [2.45, 2.75) is 18.2 Å². The van der Waals surface area contributed by atoms with E-state index in [9.17, 15) is 9.59 Å². The van der Waals surface area contributed by atoms with Gasteiger partial charge in [0.05, 0.1) is 19.3 Å². The molecule has 1 fully saturated rings. The number of carbonyl (C=O) groups is 2. The van der Waals surface area contributed by atoms with Crippen molar-refractivity contribution in [3.8, 4) is 5.75 Å². The number of rotatable bonds is 6. The van der Waals surface area contributed by atoms with Gasteiger partial charge < -0.3 is 10.1 Å². The summed E-state index contributed by atoms with van der Waals surface area (Å²) in [5, 5.41) is 3.74. The number of methoxy groups -OCH3 is 1. The number of benzene rings is 3. The number of nitrogens with one attached hydrogen (secondary N) is 1. The van der Waals surface area contributed by atoms with Crippen molar-refractivity contribution in [2.75, 3.05) is 17.3 Å². The van der Waals surface area contributed by atoms with Gasteiger partial charge in [-0.3, -0.25) is 14.6 Å². The molecule has 168 valence electrons. The van der Waals surface area contributed by atoms with Crippen molar-refractivity contribution in [2.24, 2.45) is 4.99 Å². The third kappa shape index (κ3) is 5.74. The predicted molar refractivity (Wildman–Crippen MR) is 134 cm³/mol. The number of nitrogens with zero attached hydrogens (tertiary/aromatic N) is 2. The molecule has 3 aromatic carbocycles. The van der Waals surface area contributed by atoms with Crippen LogP contribution in [0.15, 0.2) is 83.9 Å². The summed E-state index contributed by atoms with van der Waals surface area (Å²) in [4.78, 5) is 31.7. The van der Waals surface area contributed by atoms with E-state index in [1.807, 2.05) is 54.6 Å². The first-order valence-electron chi connectivity index (χ1n) is 10.3. The molecule has 3 aromatic rings. The molecule has 1 saturated heterocycles. The average molecular weight is 480 g/mol. The molecule has 0 bridgehead atoms. The number of imide groups is 1. The van der Waals surface area contributed by atoms with Crippen molar-refractivity contribution < 1.29 is 14.3 Å². The van der Waals surface area contributed by atoms with Gasteiger partial charge in [0.15, 0.2) is 5.17 Å². The Morgan fingerprint density at radius 1 is 1.09 bits per heavy atom. The number of halogens is 1. The van der Waals surface area contributed by atoms with Gasteiger partial charge in [-0.2, -0.15) is 0 Å². The van der Waals surface area contributed by atoms with Gasteiger partial charge in [0.2, 0.25) is 11.8 Å². The fourth-order valence-electron chi connectivity index (χ4n) is 3.36. The molecule has 4 rings (SSSR count). The Morgan fingerprint density at radius 2 is 1.85 bits per heavy atom. The van der Waals surface area contributed by atoms with E-state index in [4.69, 9.17) is 21.3 Å². The highest BCUT2D eigenvalue weighted by Gasteiger charge is 2.40. The lowest BCUT2D eigenvalue weighted by molar-refractivity contribution is -0.121. The van der Waals surface area contributed by atoms with Crippen LogP contribution in [0.4, 0.5) is 11.4 Å². The maximum atomic E-state index is 13.1. The summed E-state index contributed by atoms with van der Waals surface area (Å²) in [6.07, 6.45) is 0.0913. The normalized spacial score (nSPS) is 16.2. The van der Waals surface area contributed by atoms with Crippen LogP contribution in [-0.2, 0) is 16.1 Å². The Hall–Kier alpha value is -3.29. The molecule has 0 radical (unpaired) electrons. The maximum Gasteiger partial charge on any atom is 0.247 e. The minimum Gasteiger partial charge on any atom is -0.497 e. The topological polar surface area (TPSA) is 71.0 Å². The average Bonchev–Trinajstić information content (AvgIpc) is 3.11. The first-order chi connectivity index (χ1) is 16.0. The third-order valence-electron chi connectivity index (χ3n) is 5.01. The van der Waals surface area contributed by atoms with Crippen LogP contribution in [0, 0.1) is 0 Å². The molecular formula is C25H22ClN3O3S. The number of hydrogen-bond acceptors (Lipinski definition) is 5. The molecule has 2 amide bonds. The molecular weight excluding hydrogens is 458 g/mol. The van der Waals surface area contributed by atoms with Crippen LogP contribution >= 0.6 is 23.4 Å². The number of ether oxygens (including phenoxy) is 1. The quantitative estimate of drug-likeness (QED) is 0.292. The fraction of sp³-hybridized carbons (Fsp3) is 0.160. The second kappa shape index (κ2) is 10.6. The molecule has 1 heterocycles. The summed E-state index contributed by atoms with van der Waals surface area (Å²) in [6.45, 7) is 0.416. The van der Waals surface area contributed by atoms with Crippen LogP contribution in [0.3, 0.4) is 0 Å². The van der Waals surface area contributed by atoms with Gasteiger partial charge in [0.25, 0.3) is 0 Å². The molecule has 33 heavy (non-hydrogen) atoms. The molecule has 6 nitrogen and oxygen atoms in total. The molecule has 8 heteroatoms. The van der Waals surface area contributed by atoms with Gasteiger partial charge in [-0.05, 0) is 48.0 Å². The van der Waals surface area contributed by atoms with Crippen LogP contribution in [0.2, 0.25) is 5.02 Å². The highest BCUT2D eigenvalue weighted by atomic mass is 35.5. The molecule has 0 aliphatic carbocycles. The number of anilines is 2. The molecule has 1 aliphatic heterocycles. The molecule has 1 aliphatic rings. The zero-order valence-electron chi connectivity index (χ0n) is 17.9. The standard InChI is InChI=1S/C25H22ClN3O3S/c1-32-21-12-10-17(11-13-21)16-27-25(28-19-7-3-2-4-8-19)33-22-15-23(30)29(24(22)31)20-9-5-6-18(26)14-20/h2-14,22H,15-16H2,1H3,(H,27,28). The molecule has 0 saturated carbocycles. The smallest absolute Gasteiger partial charge is 0.247 e. The molecule has 1 atom stereocenters. The fourth-order valence-corrected chi connectivity index (χ4v) is 4.56. The highest BCUT2D eigenvalue weighted by molar-refractivity contribution is 8.15. The van der Waals surface area contributed by atoms with Crippen LogP contribution in [-0.4, -0.2) is 29.3 Å². The van der Waals surface area contributed by atoms with Crippen molar-refractivity contribution in [3.05, 3.63) is 89.4 Å². The molecule has 1 unspecified atom stereocenters. The Bertz CT molecular complexity index is 1170. The van der Waals surface area contributed by atoms with Crippen LogP contribution < -0.4 is 15.0 Å². The maximum absolute atomic E-state index is 13.1. The highest BCUT2D eigenvalue weighted by Crippen LogP contribution is 2.32. The number of carbonyl (C=O) groups excluding carboxylic acids is 2. The summed E-state index contributed by atoms with van der Waals surface area (Å²) in [5.41, 5.74) is 2.33. The van der Waals surface area contributed by atoms with E-state index in [1.165, 1.54) is 16.7 Å². The van der Waals surface area contributed by atoms with Crippen molar-refractivity contribution in [1.82, 2.24) is 0 Å². The zero-order valence-corrected chi connectivity index (χ0v) is 19.5. The van der Waals surface area contributed by atoms with E-state index in [0.717, 1.165) is 17.0 Å². The number of para-hydroxylation sites is 1. The van der Waals surface area contributed by atoms with Gasteiger partial charge >= 0.3 is 0 Å². The van der Waals surface area contributed by atoms with Gasteiger partial charge in [-0.25, -0.2) is 4.90 Å². The van der Waals surface area contributed by atoms with Crippen LogP contribution in [0.25, 0.3) is 0 Å². The van der Waals surface area contributed by atoms with Gasteiger partial charge in [-0.15, -0.1) is 0 Å². The summed E-state index contributed by atoms with van der Waals surface area (Å²) in [7, 11) is 1.62. The predicted octanol–water partition coefficient (Wildman–Crippen LogP) is 5.38. The Morgan fingerprint density at radius 3 is 2.55 bits per heavy atom.